The molecule has 1 aliphatic heterocycles. The average molecular weight is 557 g/mol. The molecule has 0 aliphatic carbocycles. The highest BCUT2D eigenvalue weighted by Crippen LogP contribution is 2.40. The Balaban J connectivity index is 1.63. The lowest BCUT2D eigenvalue weighted by Gasteiger charge is -2.27. The van der Waals surface area contributed by atoms with Gasteiger partial charge < -0.3 is 24.4 Å². The number of carbonyl (C=O) groups is 2. The maximum absolute atomic E-state index is 13.4. The van der Waals surface area contributed by atoms with Crippen molar-refractivity contribution in [1.82, 2.24) is 9.80 Å². The van der Waals surface area contributed by atoms with Crippen LogP contribution in [0.3, 0.4) is 0 Å². The number of ether oxygens (including phenoxy) is 2. The van der Waals surface area contributed by atoms with Gasteiger partial charge in [-0.2, -0.15) is 0 Å². The zero-order valence-corrected chi connectivity index (χ0v) is 24.2. The van der Waals surface area contributed by atoms with Crippen molar-refractivity contribution in [2.45, 2.75) is 46.3 Å². The number of aliphatic hydroxyl groups is 1. The molecule has 3 aromatic rings. The summed E-state index contributed by atoms with van der Waals surface area (Å²) in [5, 5.41) is 11.4. The number of carbonyl (C=O) groups excluding carboxylic acids is 2. The number of benzene rings is 3. The predicted molar refractivity (Wildman–Crippen MR) is 161 cm³/mol. The summed E-state index contributed by atoms with van der Waals surface area (Å²) in [5.74, 6) is -0.0952. The maximum atomic E-state index is 13.4. The first kappa shape index (κ1) is 29.9. The van der Waals surface area contributed by atoms with Gasteiger partial charge in [0.2, 0.25) is 0 Å². The highest BCUT2D eigenvalue weighted by atomic mass is 16.5. The number of likely N-dealkylation sites (tertiary alicyclic amines) is 1. The molecule has 0 bridgehead atoms. The van der Waals surface area contributed by atoms with Gasteiger partial charge in [0, 0.05) is 12.1 Å². The van der Waals surface area contributed by atoms with E-state index in [0.717, 1.165) is 37.2 Å². The second-order valence-electron chi connectivity index (χ2n) is 10.1. The minimum Gasteiger partial charge on any atom is -0.507 e. The Hall–Kier alpha value is -4.10. The van der Waals surface area contributed by atoms with Crippen molar-refractivity contribution < 1.29 is 24.2 Å². The minimum absolute atomic E-state index is 0.0954. The van der Waals surface area contributed by atoms with Crippen LogP contribution < -0.4 is 9.47 Å². The second-order valence-corrected chi connectivity index (χ2v) is 10.1. The standard InChI is InChI=1S/C34H40N2O5/c1-4-23-40-28-19-15-27(16-20-28)32(37)30-31(36(34(39)33(30)38)22-10-21-35(5-2)6-3)26-13-17-29(18-14-26)41-24-25-11-8-7-9-12-25/h7-9,11-20,31,37H,4-6,10,21-24H2,1-3H3/t31-/m1/s1. The third-order valence-electron chi connectivity index (χ3n) is 7.35. The summed E-state index contributed by atoms with van der Waals surface area (Å²) in [7, 11) is 0. The summed E-state index contributed by atoms with van der Waals surface area (Å²) in [6.07, 6.45) is 1.60. The van der Waals surface area contributed by atoms with E-state index in [4.69, 9.17) is 9.47 Å². The van der Waals surface area contributed by atoms with Crippen molar-refractivity contribution in [3.05, 3.63) is 101 Å². The van der Waals surface area contributed by atoms with Crippen molar-refractivity contribution in [3.63, 3.8) is 0 Å². The summed E-state index contributed by atoms with van der Waals surface area (Å²) in [5.41, 5.74) is 2.36. The molecule has 0 saturated carbocycles. The molecule has 1 fully saturated rings. The Bertz CT molecular complexity index is 1320. The van der Waals surface area contributed by atoms with Gasteiger partial charge in [0.1, 0.15) is 23.9 Å². The van der Waals surface area contributed by atoms with Crippen LogP contribution in [0.1, 0.15) is 56.3 Å². The highest BCUT2D eigenvalue weighted by molar-refractivity contribution is 6.46. The number of rotatable bonds is 14. The Morgan fingerprint density at radius 2 is 1.49 bits per heavy atom. The maximum Gasteiger partial charge on any atom is 0.295 e. The number of nitrogens with zero attached hydrogens (tertiary/aromatic N) is 2. The van der Waals surface area contributed by atoms with Crippen LogP contribution in [0.15, 0.2) is 84.4 Å². The Morgan fingerprint density at radius 3 is 2.12 bits per heavy atom. The summed E-state index contributed by atoms with van der Waals surface area (Å²) < 4.78 is 11.6. The van der Waals surface area contributed by atoms with E-state index in [1.807, 2.05) is 61.5 Å². The van der Waals surface area contributed by atoms with Gasteiger partial charge in [-0.1, -0.05) is 63.2 Å². The molecule has 1 atom stereocenters. The topological polar surface area (TPSA) is 79.3 Å². The molecule has 4 rings (SSSR count). The van der Waals surface area contributed by atoms with Gasteiger partial charge in [-0.3, -0.25) is 9.59 Å². The number of amides is 1. The van der Waals surface area contributed by atoms with Crippen LogP contribution in [0.4, 0.5) is 0 Å². The Labute approximate surface area is 243 Å². The number of hydrogen-bond donors (Lipinski definition) is 1. The van der Waals surface area contributed by atoms with Crippen molar-refractivity contribution in [3.8, 4) is 11.5 Å². The lowest BCUT2D eigenvalue weighted by Crippen LogP contribution is -2.33. The molecular weight excluding hydrogens is 516 g/mol. The number of hydrogen-bond acceptors (Lipinski definition) is 6. The molecule has 1 heterocycles. The van der Waals surface area contributed by atoms with Crippen molar-refractivity contribution >= 4 is 17.4 Å². The normalized spacial score (nSPS) is 16.4. The van der Waals surface area contributed by atoms with Crippen LogP contribution in [0, 0.1) is 0 Å². The van der Waals surface area contributed by atoms with Crippen molar-refractivity contribution in [1.29, 1.82) is 0 Å². The fourth-order valence-electron chi connectivity index (χ4n) is 5.03. The molecule has 0 radical (unpaired) electrons. The molecule has 1 N–H and O–H groups in total. The van der Waals surface area contributed by atoms with Crippen LogP contribution in [0.25, 0.3) is 5.76 Å². The third kappa shape index (κ3) is 7.35. The Morgan fingerprint density at radius 1 is 0.854 bits per heavy atom. The van der Waals surface area contributed by atoms with Crippen LogP contribution in [-0.2, 0) is 16.2 Å². The minimum atomic E-state index is -0.703. The van der Waals surface area contributed by atoms with Gasteiger partial charge in [0.05, 0.1) is 18.2 Å². The van der Waals surface area contributed by atoms with Gasteiger partial charge in [0.25, 0.3) is 11.7 Å². The SMILES string of the molecule is CCCOc1ccc(C(O)=C2C(=O)C(=O)N(CCCN(CC)CC)[C@@H]2c2ccc(OCc3ccccc3)cc2)cc1. The zero-order chi connectivity index (χ0) is 29.2. The van der Waals surface area contributed by atoms with Crippen LogP contribution in [0.5, 0.6) is 11.5 Å². The lowest BCUT2D eigenvalue weighted by molar-refractivity contribution is -0.140. The molecule has 3 aromatic carbocycles. The molecule has 0 spiro atoms. The van der Waals surface area contributed by atoms with Crippen LogP contribution >= 0.6 is 0 Å². The van der Waals surface area contributed by atoms with Crippen LogP contribution in [0.2, 0.25) is 0 Å². The molecule has 41 heavy (non-hydrogen) atoms. The van der Waals surface area contributed by atoms with E-state index in [9.17, 15) is 14.7 Å². The molecular formula is C34H40N2O5. The molecule has 1 aliphatic rings. The predicted octanol–water partition coefficient (Wildman–Crippen LogP) is 6.21. The zero-order valence-electron chi connectivity index (χ0n) is 24.2. The smallest absolute Gasteiger partial charge is 0.295 e. The molecule has 0 aromatic heterocycles. The first-order chi connectivity index (χ1) is 20.0. The van der Waals surface area contributed by atoms with Gasteiger partial charge in [-0.25, -0.2) is 0 Å². The summed E-state index contributed by atoms with van der Waals surface area (Å²) in [6.45, 7) is 10.3. The van der Waals surface area contributed by atoms with E-state index >= 15 is 0 Å². The van der Waals surface area contributed by atoms with E-state index in [2.05, 4.69) is 18.7 Å². The molecule has 1 saturated heterocycles. The van der Waals surface area contributed by atoms with E-state index < -0.39 is 17.7 Å². The fourth-order valence-corrected chi connectivity index (χ4v) is 5.03. The first-order valence-electron chi connectivity index (χ1n) is 14.5. The molecule has 0 unspecified atom stereocenters. The quantitative estimate of drug-likeness (QED) is 0.145. The monoisotopic (exact) mass is 556 g/mol. The number of ketones is 1. The first-order valence-corrected chi connectivity index (χ1v) is 14.5. The summed E-state index contributed by atoms with van der Waals surface area (Å²) >= 11 is 0. The van der Waals surface area contributed by atoms with Crippen molar-refractivity contribution in [2.75, 3.05) is 32.8 Å². The number of Topliss-reactive ketones (excluding diaryl/α,β-unsaturated/α-hetero) is 1. The summed E-state index contributed by atoms with van der Waals surface area (Å²) in [6, 6.07) is 23.6. The van der Waals surface area contributed by atoms with Crippen molar-refractivity contribution in [2.24, 2.45) is 0 Å². The highest BCUT2D eigenvalue weighted by Gasteiger charge is 2.45. The van der Waals surface area contributed by atoms with E-state index in [-0.39, 0.29) is 11.3 Å². The second kappa shape index (κ2) is 14.5. The molecule has 7 nitrogen and oxygen atoms in total. The number of aliphatic hydroxyl groups excluding tert-OH is 1. The molecule has 7 heteroatoms. The lowest BCUT2D eigenvalue weighted by atomic mass is 9.95. The fraction of sp³-hybridized carbons (Fsp3) is 0.353. The molecule has 216 valence electrons. The average Bonchev–Trinajstić information content (AvgIpc) is 3.26. The van der Waals surface area contributed by atoms with Gasteiger partial charge in [0.15, 0.2) is 0 Å². The van der Waals surface area contributed by atoms with E-state index in [0.29, 0.717) is 43.2 Å². The van der Waals surface area contributed by atoms with E-state index in [1.54, 1.807) is 29.2 Å². The largest absolute Gasteiger partial charge is 0.507 e. The Kier molecular flexibility index (Phi) is 10.6. The summed E-state index contributed by atoms with van der Waals surface area (Å²) in [4.78, 5) is 30.6. The van der Waals surface area contributed by atoms with Crippen LogP contribution in [-0.4, -0.2) is 59.4 Å². The van der Waals surface area contributed by atoms with Gasteiger partial charge in [-0.05, 0) is 80.0 Å². The van der Waals surface area contributed by atoms with Gasteiger partial charge in [-0.15, -0.1) is 0 Å². The van der Waals surface area contributed by atoms with Gasteiger partial charge >= 0.3 is 0 Å². The van der Waals surface area contributed by atoms with E-state index in [1.165, 1.54) is 0 Å². The third-order valence-corrected chi connectivity index (χ3v) is 7.35. The molecule has 1 amide bonds.